The zero-order valence-corrected chi connectivity index (χ0v) is 16.3. The Labute approximate surface area is 170 Å². The second-order valence-electron chi connectivity index (χ2n) is 6.26. The van der Waals surface area contributed by atoms with Crippen LogP contribution in [0.5, 0.6) is 23.0 Å². The topological polar surface area (TPSA) is 82.8 Å². The molecule has 0 spiro atoms. The van der Waals surface area contributed by atoms with E-state index in [4.69, 9.17) is 19.9 Å². The molecule has 3 rings (SSSR count). The number of carbonyl (C=O) groups is 1. The summed E-state index contributed by atoms with van der Waals surface area (Å²) in [5.74, 6) is 2.13. The number of anilines is 1. The Bertz CT molecular complexity index is 927. The van der Waals surface area contributed by atoms with E-state index in [1.807, 2.05) is 73.7 Å². The molecule has 0 radical (unpaired) electrons. The molecule has 0 aliphatic carbocycles. The van der Waals surface area contributed by atoms with Gasteiger partial charge >= 0.3 is 0 Å². The maximum atomic E-state index is 10.9. The highest BCUT2D eigenvalue weighted by Crippen LogP contribution is 2.29. The highest BCUT2D eigenvalue weighted by Gasteiger charge is 2.08. The number of amides is 1. The van der Waals surface area contributed by atoms with Crippen LogP contribution in [0.3, 0.4) is 0 Å². The summed E-state index contributed by atoms with van der Waals surface area (Å²) in [4.78, 5) is 10.9. The fourth-order valence-corrected chi connectivity index (χ4v) is 2.67. The molecule has 0 aromatic heterocycles. The molecule has 0 bridgehead atoms. The van der Waals surface area contributed by atoms with Crippen molar-refractivity contribution in [3.8, 4) is 23.0 Å². The van der Waals surface area contributed by atoms with Crippen molar-refractivity contribution in [2.45, 2.75) is 13.5 Å². The number of nitrogens with two attached hydrogens (primary N) is 1. The van der Waals surface area contributed by atoms with Gasteiger partial charge in [-0.1, -0.05) is 24.3 Å². The van der Waals surface area contributed by atoms with Crippen molar-refractivity contribution in [1.29, 1.82) is 0 Å². The average Bonchev–Trinajstić information content (AvgIpc) is 2.73. The van der Waals surface area contributed by atoms with Crippen LogP contribution >= 0.6 is 0 Å². The molecule has 0 saturated carbocycles. The van der Waals surface area contributed by atoms with E-state index in [1.54, 1.807) is 6.07 Å². The first-order valence-corrected chi connectivity index (χ1v) is 9.37. The Hall–Kier alpha value is -3.67. The van der Waals surface area contributed by atoms with Gasteiger partial charge in [0.05, 0.1) is 6.61 Å². The van der Waals surface area contributed by atoms with Crippen molar-refractivity contribution in [3.05, 3.63) is 78.4 Å². The lowest BCUT2D eigenvalue weighted by Crippen LogP contribution is -2.20. The molecule has 6 nitrogen and oxygen atoms in total. The predicted molar refractivity (Wildman–Crippen MR) is 113 cm³/mol. The number of primary amides is 1. The lowest BCUT2D eigenvalue weighted by atomic mass is 10.2. The Morgan fingerprint density at radius 3 is 2.31 bits per heavy atom. The number of rotatable bonds is 10. The van der Waals surface area contributed by atoms with Crippen LogP contribution in [-0.4, -0.2) is 19.1 Å². The molecule has 3 aromatic rings. The van der Waals surface area contributed by atoms with Gasteiger partial charge < -0.3 is 25.3 Å². The summed E-state index contributed by atoms with van der Waals surface area (Å²) in [6.45, 7) is 2.80. The molecule has 0 aliphatic rings. The Morgan fingerprint density at radius 2 is 1.62 bits per heavy atom. The number of para-hydroxylation sites is 1. The first kappa shape index (κ1) is 20.1. The van der Waals surface area contributed by atoms with Crippen molar-refractivity contribution in [2.75, 3.05) is 18.5 Å². The molecule has 29 heavy (non-hydrogen) atoms. The van der Waals surface area contributed by atoms with E-state index < -0.39 is 5.91 Å². The van der Waals surface area contributed by atoms with Crippen molar-refractivity contribution in [2.24, 2.45) is 5.73 Å². The molecule has 1 amide bonds. The third-order valence-electron chi connectivity index (χ3n) is 4.01. The molecular weight excluding hydrogens is 368 g/mol. The molecule has 6 heteroatoms. The van der Waals surface area contributed by atoms with Crippen LogP contribution in [0.2, 0.25) is 0 Å². The van der Waals surface area contributed by atoms with Gasteiger partial charge in [0.1, 0.15) is 11.5 Å². The SMILES string of the molecule is CCOc1cc(CNc2ccc(Oc3ccccc3)cc2)ccc1OCC(N)=O. The Balaban J connectivity index is 1.60. The molecule has 0 atom stereocenters. The lowest BCUT2D eigenvalue weighted by Gasteiger charge is -2.13. The lowest BCUT2D eigenvalue weighted by molar-refractivity contribution is -0.119. The van der Waals surface area contributed by atoms with Crippen molar-refractivity contribution < 1.29 is 19.0 Å². The minimum atomic E-state index is -0.530. The number of hydrogen-bond acceptors (Lipinski definition) is 5. The van der Waals surface area contributed by atoms with Crippen molar-refractivity contribution >= 4 is 11.6 Å². The maximum Gasteiger partial charge on any atom is 0.255 e. The largest absolute Gasteiger partial charge is 0.490 e. The van der Waals surface area contributed by atoms with Crippen LogP contribution in [0.4, 0.5) is 5.69 Å². The van der Waals surface area contributed by atoms with Crippen molar-refractivity contribution in [3.63, 3.8) is 0 Å². The first-order chi connectivity index (χ1) is 14.1. The molecule has 3 aromatic carbocycles. The Kier molecular flexibility index (Phi) is 6.95. The summed E-state index contributed by atoms with van der Waals surface area (Å²) in [6, 6.07) is 23.0. The maximum absolute atomic E-state index is 10.9. The van der Waals surface area contributed by atoms with E-state index in [-0.39, 0.29) is 6.61 Å². The zero-order chi connectivity index (χ0) is 20.5. The van der Waals surface area contributed by atoms with Gasteiger partial charge in [0.15, 0.2) is 18.1 Å². The summed E-state index contributed by atoms with van der Waals surface area (Å²) in [6.07, 6.45) is 0. The number of carbonyl (C=O) groups excluding carboxylic acids is 1. The van der Waals surface area contributed by atoms with Crippen LogP contribution in [0.1, 0.15) is 12.5 Å². The molecule has 0 aliphatic heterocycles. The summed E-state index contributed by atoms with van der Waals surface area (Å²) in [7, 11) is 0. The highest BCUT2D eigenvalue weighted by atomic mass is 16.5. The minimum Gasteiger partial charge on any atom is -0.490 e. The average molecular weight is 392 g/mol. The number of hydrogen-bond donors (Lipinski definition) is 2. The third kappa shape index (κ3) is 6.17. The van der Waals surface area contributed by atoms with Gasteiger partial charge in [0.25, 0.3) is 5.91 Å². The number of nitrogens with one attached hydrogen (secondary N) is 1. The Morgan fingerprint density at radius 1 is 0.897 bits per heavy atom. The second-order valence-corrected chi connectivity index (χ2v) is 6.26. The molecule has 0 saturated heterocycles. The smallest absolute Gasteiger partial charge is 0.255 e. The zero-order valence-electron chi connectivity index (χ0n) is 16.3. The van der Waals surface area contributed by atoms with Gasteiger partial charge in [0, 0.05) is 12.2 Å². The quantitative estimate of drug-likeness (QED) is 0.536. The number of benzene rings is 3. The van der Waals surface area contributed by atoms with Gasteiger partial charge in [0.2, 0.25) is 0 Å². The predicted octanol–water partition coefficient (Wildman–Crippen LogP) is 4.35. The summed E-state index contributed by atoms with van der Waals surface area (Å²) in [5.41, 5.74) is 7.12. The number of ether oxygens (including phenoxy) is 3. The monoisotopic (exact) mass is 392 g/mol. The van der Waals surface area contributed by atoms with E-state index in [0.29, 0.717) is 24.7 Å². The van der Waals surface area contributed by atoms with Crippen LogP contribution in [-0.2, 0) is 11.3 Å². The van der Waals surface area contributed by atoms with E-state index in [1.165, 1.54) is 0 Å². The molecule has 3 N–H and O–H groups in total. The molecule has 0 heterocycles. The summed E-state index contributed by atoms with van der Waals surface area (Å²) < 4.78 is 16.8. The van der Waals surface area contributed by atoms with Crippen LogP contribution in [0.25, 0.3) is 0 Å². The molecule has 150 valence electrons. The standard InChI is InChI=1S/C23H24N2O4/c1-2-27-22-14-17(8-13-21(22)28-16-23(24)26)15-25-18-9-11-20(12-10-18)29-19-6-4-3-5-7-19/h3-14,25H,2,15-16H2,1H3,(H2,24,26). The molecular formula is C23H24N2O4. The molecule has 0 unspecified atom stereocenters. The normalized spacial score (nSPS) is 10.2. The van der Waals surface area contributed by atoms with Crippen LogP contribution < -0.4 is 25.3 Å². The van der Waals surface area contributed by atoms with Crippen molar-refractivity contribution in [1.82, 2.24) is 0 Å². The summed E-state index contributed by atoms with van der Waals surface area (Å²) in [5, 5.41) is 3.36. The van der Waals surface area contributed by atoms with Gasteiger partial charge in [-0.15, -0.1) is 0 Å². The van der Waals surface area contributed by atoms with E-state index in [2.05, 4.69) is 5.32 Å². The third-order valence-corrected chi connectivity index (χ3v) is 4.01. The molecule has 0 fully saturated rings. The second kappa shape index (κ2) is 10.0. The summed E-state index contributed by atoms with van der Waals surface area (Å²) >= 11 is 0. The van der Waals surface area contributed by atoms with Crippen LogP contribution in [0, 0.1) is 0 Å². The van der Waals surface area contributed by atoms with E-state index >= 15 is 0 Å². The van der Waals surface area contributed by atoms with Gasteiger partial charge in [-0.3, -0.25) is 4.79 Å². The van der Waals surface area contributed by atoms with Gasteiger partial charge in [-0.05, 0) is 61.0 Å². The highest BCUT2D eigenvalue weighted by molar-refractivity contribution is 5.75. The fourth-order valence-electron chi connectivity index (χ4n) is 2.67. The van der Waals surface area contributed by atoms with Gasteiger partial charge in [-0.2, -0.15) is 0 Å². The van der Waals surface area contributed by atoms with E-state index in [9.17, 15) is 4.79 Å². The minimum absolute atomic E-state index is 0.185. The fraction of sp³-hybridized carbons (Fsp3) is 0.174. The van der Waals surface area contributed by atoms with Gasteiger partial charge in [-0.25, -0.2) is 0 Å². The van der Waals surface area contributed by atoms with E-state index in [0.717, 1.165) is 22.7 Å². The van der Waals surface area contributed by atoms with Crippen LogP contribution in [0.15, 0.2) is 72.8 Å². The first-order valence-electron chi connectivity index (χ1n) is 9.37.